The summed E-state index contributed by atoms with van der Waals surface area (Å²) in [6.45, 7) is 3.90. The van der Waals surface area contributed by atoms with Crippen LogP contribution in [0.25, 0.3) is 0 Å². The van der Waals surface area contributed by atoms with Gasteiger partial charge in [-0.25, -0.2) is 0 Å². The summed E-state index contributed by atoms with van der Waals surface area (Å²) in [6.07, 6.45) is 4.51. The molecule has 0 radical (unpaired) electrons. The molecular weight excluding hydrogens is 288 g/mol. The van der Waals surface area contributed by atoms with Gasteiger partial charge in [-0.1, -0.05) is 18.2 Å². The molecule has 0 aromatic heterocycles. The molecule has 23 heavy (non-hydrogen) atoms. The lowest BCUT2D eigenvalue weighted by atomic mass is 9.91. The summed E-state index contributed by atoms with van der Waals surface area (Å²) in [5.74, 6) is 2.07. The maximum Gasteiger partial charge on any atom is 0.226 e. The van der Waals surface area contributed by atoms with Crippen molar-refractivity contribution < 1.29 is 9.53 Å². The number of ether oxygens (including phenoxy) is 1. The Labute approximate surface area is 138 Å². The lowest BCUT2D eigenvalue weighted by molar-refractivity contribution is -0.132. The van der Waals surface area contributed by atoms with Crippen LogP contribution in [-0.4, -0.2) is 44.1 Å². The first-order valence-electron chi connectivity index (χ1n) is 8.86. The van der Waals surface area contributed by atoms with E-state index in [1.165, 1.54) is 18.4 Å². The van der Waals surface area contributed by atoms with Crippen molar-refractivity contribution in [1.29, 1.82) is 0 Å². The fourth-order valence-corrected chi connectivity index (χ4v) is 4.61. The van der Waals surface area contributed by atoms with E-state index >= 15 is 0 Å². The Kier molecular flexibility index (Phi) is 3.80. The second-order valence-corrected chi connectivity index (χ2v) is 7.38. The number of amides is 1. The molecule has 124 valence electrons. The zero-order chi connectivity index (χ0) is 15.9. The molecule has 4 rings (SSSR count). The first-order valence-corrected chi connectivity index (χ1v) is 8.86. The number of piperidine rings is 1. The van der Waals surface area contributed by atoms with E-state index < -0.39 is 0 Å². The molecule has 2 heterocycles. The molecule has 3 aliphatic rings. The van der Waals surface area contributed by atoms with Crippen LogP contribution in [0.5, 0.6) is 5.75 Å². The van der Waals surface area contributed by atoms with E-state index in [0.717, 1.165) is 44.8 Å². The minimum atomic E-state index is 0.293. The Hall–Kier alpha value is -1.55. The molecule has 0 bridgehead atoms. The molecule has 2 atom stereocenters. The van der Waals surface area contributed by atoms with Crippen molar-refractivity contribution in [3.63, 3.8) is 0 Å². The highest BCUT2D eigenvalue weighted by atomic mass is 16.5. The molecule has 2 unspecified atom stereocenters. The van der Waals surface area contributed by atoms with Crippen LogP contribution < -0.4 is 10.1 Å². The van der Waals surface area contributed by atoms with Crippen LogP contribution in [0.3, 0.4) is 0 Å². The summed E-state index contributed by atoms with van der Waals surface area (Å²) >= 11 is 0. The number of benzene rings is 1. The first kappa shape index (κ1) is 15.0. The number of para-hydroxylation sites is 1. The molecule has 1 N–H and O–H groups in total. The minimum absolute atomic E-state index is 0.293. The van der Waals surface area contributed by atoms with Gasteiger partial charge in [0.15, 0.2) is 0 Å². The lowest BCUT2D eigenvalue weighted by Gasteiger charge is -2.25. The zero-order valence-electron chi connectivity index (χ0n) is 13.9. The summed E-state index contributed by atoms with van der Waals surface area (Å²) in [5.41, 5.74) is 1.59. The summed E-state index contributed by atoms with van der Waals surface area (Å²) < 4.78 is 5.49. The van der Waals surface area contributed by atoms with Crippen molar-refractivity contribution in [2.75, 3.05) is 33.3 Å². The number of carbonyl (C=O) groups is 1. The maximum atomic E-state index is 12.9. The number of nitrogens with zero attached hydrogens (tertiary/aromatic N) is 1. The molecule has 1 aliphatic carbocycles. The van der Waals surface area contributed by atoms with Crippen molar-refractivity contribution >= 4 is 5.91 Å². The Morgan fingerprint density at radius 1 is 1.30 bits per heavy atom. The Bertz CT molecular complexity index is 595. The average molecular weight is 314 g/mol. The van der Waals surface area contributed by atoms with Crippen molar-refractivity contribution in [3.8, 4) is 5.75 Å². The third-order valence-electron chi connectivity index (χ3n) is 6.17. The van der Waals surface area contributed by atoms with E-state index in [0.29, 0.717) is 23.2 Å². The van der Waals surface area contributed by atoms with Crippen LogP contribution in [0, 0.1) is 11.3 Å². The van der Waals surface area contributed by atoms with Crippen molar-refractivity contribution in [3.05, 3.63) is 29.8 Å². The number of rotatable bonds is 3. The molecule has 1 aromatic carbocycles. The molecule has 4 heteroatoms. The van der Waals surface area contributed by atoms with E-state index in [9.17, 15) is 4.79 Å². The van der Waals surface area contributed by atoms with Gasteiger partial charge in [0.25, 0.3) is 0 Å². The standard InChI is InChI=1S/C19H26N2O2/c1-23-17-5-3-2-4-15(17)14-6-11-21(13-14)18(22)16-12-19(16)7-9-20-10-8-19/h2-5,14,16,20H,6-13H2,1H3. The number of hydrogen-bond acceptors (Lipinski definition) is 3. The molecule has 4 nitrogen and oxygen atoms in total. The average Bonchev–Trinajstić information content (AvgIpc) is 3.07. The van der Waals surface area contributed by atoms with Crippen LogP contribution >= 0.6 is 0 Å². The van der Waals surface area contributed by atoms with E-state index in [1.807, 2.05) is 12.1 Å². The maximum absolute atomic E-state index is 12.9. The van der Waals surface area contributed by atoms with Gasteiger partial charge >= 0.3 is 0 Å². The third kappa shape index (κ3) is 2.63. The highest BCUT2D eigenvalue weighted by molar-refractivity contribution is 5.83. The minimum Gasteiger partial charge on any atom is -0.496 e. The van der Waals surface area contributed by atoms with Gasteiger partial charge in [-0.05, 0) is 55.8 Å². The SMILES string of the molecule is COc1ccccc1C1CCN(C(=O)C2CC23CCNCC3)C1. The largest absolute Gasteiger partial charge is 0.496 e. The summed E-state index contributed by atoms with van der Waals surface area (Å²) in [7, 11) is 1.72. The number of hydrogen-bond donors (Lipinski definition) is 1. The van der Waals surface area contributed by atoms with Gasteiger partial charge in [0, 0.05) is 24.9 Å². The molecule has 3 fully saturated rings. The fourth-order valence-electron chi connectivity index (χ4n) is 4.61. The Balaban J connectivity index is 1.42. The van der Waals surface area contributed by atoms with Gasteiger partial charge in [-0.2, -0.15) is 0 Å². The van der Waals surface area contributed by atoms with Crippen molar-refractivity contribution in [2.24, 2.45) is 11.3 Å². The van der Waals surface area contributed by atoms with Gasteiger partial charge in [-0.15, -0.1) is 0 Å². The van der Waals surface area contributed by atoms with Crippen molar-refractivity contribution in [2.45, 2.75) is 31.6 Å². The number of nitrogens with one attached hydrogen (secondary N) is 1. The first-order chi connectivity index (χ1) is 11.2. The predicted molar refractivity (Wildman–Crippen MR) is 89.6 cm³/mol. The van der Waals surface area contributed by atoms with Crippen LogP contribution in [0.2, 0.25) is 0 Å². The van der Waals surface area contributed by atoms with Gasteiger partial charge in [-0.3, -0.25) is 4.79 Å². The highest BCUT2D eigenvalue weighted by Gasteiger charge is 2.58. The second kappa shape index (κ2) is 5.82. The predicted octanol–water partition coefficient (Wildman–Crippen LogP) is 2.40. The molecule has 1 amide bonds. The Morgan fingerprint density at radius 3 is 2.87 bits per heavy atom. The van der Waals surface area contributed by atoms with E-state index in [1.54, 1.807) is 7.11 Å². The summed E-state index contributed by atoms with van der Waals surface area (Å²) in [5, 5.41) is 3.41. The topological polar surface area (TPSA) is 41.6 Å². The Morgan fingerprint density at radius 2 is 2.09 bits per heavy atom. The molecule has 2 saturated heterocycles. The van der Waals surface area contributed by atoms with E-state index in [2.05, 4.69) is 22.3 Å². The second-order valence-electron chi connectivity index (χ2n) is 7.38. The van der Waals surface area contributed by atoms with Gasteiger partial charge in [0.2, 0.25) is 5.91 Å². The van der Waals surface area contributed by atoms with E-state index in [4.69, 9.17) is 4.74 Å². The fraction of sp³-hybridized carbons (Fsp3) is 0.632. The number of methoxy groups -OCH3 is 1. The number of likely N-dealkylation sites (tertiary alicyclic amines) is 1. The molecule has 1 spiro atoms. The van der Waals surface area contributed by atoms with Crippen molar-refractivity contribution in [1.82, 2.24) is 10.2 Å². The van der Waals surface area contributed by atoms with Crippen LogP contribution in [0.4, 0.5) is 0 Å². The highest BCUT2D eigenvalue weighted by Crippen LogP contribution is 2.59. The lowest BCUT2D eigenvalue weighted by Crippen LogP contribution is -2.35. The van der Waals surface area contributed by atoms with E-state index in [-0.39, 0.29) is 0 Å². The quantitative estimate of drug-likeness (QED) is 0.931. The smallest absolute Gasteiger partial charge is 0.226 e. The van der Waals surface area contributed by atoms with Crippen LogP contribution in [0.1, 0.15) is 37.2 Å². The zero-order valence-corrected chi connectivity index (χ0v) is 13.9. The van der Waals surface area contributed by atoms with Crippen LogP contribution in [0.15, 0.2) is 24.3 Å². The number of carbonyl (C=O) groups excluding carboxylic acids is 1. The summed E-state index contributed by atoms with van der Waals surface area (Å²) in [6, 6.07) is 8.23. The summed E-state index contributed by atoms with van der Waals surface area (Å²) in [4.78, 5) is 15.0. The molecule has 2 aliphatic heterocycles. The molecular formula is C19H26N2O2. The third-order valence-corrected chi connectivity index (χ3v) is 6.17. The molecule has 1 saturated carbocycles. The molecule has 1 aromatic rings. The van der Waals surface area contributed by atoms with Gasteiger partial charge < -0.3 is 15.0 Å². The van der Waals surface area contributed by atoms with Gasteiger partial charge in [0.05, 0.1) is 7.11 Å². The normalized spacial score (nSPS) is 28.8. The monoisotopic (exact) mass is 314 g/mol. The van der Waals surface area contributed by atoms with Gasteiger partial charge in [0.1, 0.15) is 5.75 Å². The van der Waals surface area contributed by atoms with Crippen LogP contribution in [-0.2, 0) is 4.79 Å².